The van der Waals surface area contributed by atoms with Crippen molar-refractivity contribution in [3.8, 4) is 0 Å². The minimum atomic E-state index is -1.03. The van der Waals surface area contributed by atoms with Crippen molar-refractivity contribution in [2.45, 2.75) is 19.6 Å². The molecule has 5 heteroatoms. The number of likely N-dealkylation sites (tertiary alicyclic amines) is 1. The molecule has 0 radical (unpaired) electrons. The first-order valence-electron chi connectivity index (χ1n) is 5.98. The molecule has 1 saturated heterocycles. The first-order valence-corrected chi connectivity index (χ1v) is 5.98. The van der Waals surface area contributed by atoms with Crippen LogP contribution in [0.4, 0.5) is 4.79 Å². The lowest BCUT2D eigenvalue weighted by atomic mass is 9.96. The Bertz CT molecular complexity index is 509. The Hall–Kier alpha value is -2.30. The summed E-state index contributed by atoms with van der Waals surface area (Å²) in [5.41, 5.74) is 1.60. The van der Waals surface area contributed by atoms with Crippen LogP contribution in [0.3, 0.4) is 0 Å². The van der Waals surface area contributed by atoms with Crippen molar-refractivity contribution in [1.82, 2.24) is 4.90 Å². The van der Waals surface area contributed by atoms with Crippen LogP contribution < -0.4 is 0 Å². The van der Waals surface area contributed by atoms with Crippen molar-refractivity contribution in [2.24, 2.45) is 0 Å². The van der Waals surface area contributed by atoms with Gasteiger partial charge in [0, 0.05) is 6.54 Å². The molecule has 1 aliphatic heterocycles. The van der Waals surface area contributed by atoms with Crippen LogP contribution in [0.25, 0.3) is 0 Å². The van der Waals surface area contributed by atoms with Crippen molar-refractivity contribution < 1.29 is 19.4 Å². The van der Waals surface area contributed by atoms with Crippen molar-refractivity contribution in [3.63, 3.8) is 0 Å². The highest BCUT2D eigenvalue weighted by Gasteiger charge is 2.42. The number of hydrogen-bond donors (Lipinski definition) is 1. The third kappa shape index (κ3) is 2.76. The molecule has 1 N–H and O–H groups in total. The van der Waals surface area contributed by atoms with Crippen LogP contribution in [0.1, 0.15) is 12.5 Å². The van der Waals surface area contributed by atoms with Gasteiger partial charge in [-0.1, -0.05) is 36.4 Å². The summed E-state index contributed by atoms with van der Waals surface area (Å²) in [5, 5.41) is 9.05. The Labute approximate surface area is 111 Å². The fraction of sp³-hybridized carbons (Fsp3) is 0.286. The normalized spacial score (nSPS) is 19.9. The quantitative estimate of drug-likeness (QED) is 0.845. The van der Waals surface area contributed by atoms with Crippen molar-refractivity contribution in [3.05, 3.63) is 47.5 Å². The first-order chi connectivity index (χ1) is 9.13. The van der Waals surface area contributed by atoms with Gasteiger partial charge in [0.15, 0.2) is 6.04 Å². The molecule has 1 fully saturated rings. The monoisotopic (exact) mass is 261 g/mol. The van der Waals surface area contributed by atoms with Crippen LogP contribution in [0.15, 0.2) is 42.0 Å². The molecule has 1 atom stereocenters. The lowest BCUT2D eigenvalue weighted by Gasteiger charge is -2.39. The summed E-state index contributed by atoms with van der Waals surface area (Å²) in [5.74, 6) is -1.03. The molecule has 0 saturated carbocycles. The molecule has 0 aliphatic carbocycles. The molecule has 1 aromatic carbocycles. The molecule has 1 aromatic rings. The van der Waals surface area contributed by atoms with Crippen LogP contribution in [0, 0.1) is 0 Å². The van der Waals surface area contributed by atoms with E-state index in [9.17, 15) is 9.59 Å². The van der Waals surface area contributed by atoms with Gasteiger partial charge in [-0.2, -0.15) is 0 Å². The van der Waals surface area contributed by atoms with Crippen LogP contribution in [-0.2, 0) is 16.1 Å². The summed E-state index contributed by atoms with van der Waals surface area (Å²) in [7, 11) is 0. The number of benzene rings is 1. The lowest BCUT2D eigenvalue weighted by Crippen LogP contribution is -2.57. The van der Waals surface area contributed by atoms with E-state index in [1.54, 1.807) is 13.0 Å². The summed E-state index contributed by atoms with van der Waals surface area (Å²) in [6, 6.07) is 8.38. The fourth-order valence-corrected chi connectivity index (χ4v) is 1.98. The van der Waals surface area contributed by atoms with Gasteiger partial charge in [0.2, 0.25) is 0 Å². The third-order valence-corrected chi connectivity index (χ3v) is 3.06. The molecule has 5 nitrogen and oxygen atoms in total. The Balaban J connectivity index is 1.93. The second-order valence-electron chi connectivity index (χ2n) is 4.27. The predicted octanol–water partition coefficient (Wildman–Crippen LogP) is 2.04. The average molecular weight is 261 g/mol. The number of aliphatic carboxylic acids is 1. The number of rotatable bonds is 3. The van der Waals surface area contributed by atoms with E-state index >= 15 is 0 Å². The zero-order valence-corrected chi connectivity index (χ0v) is 10.6. The Morgan fingerprint density at radius 2 is 2.11 bits per heavy atom. The van der Waals surface area contributed by atoms with E-state index in [4.69, 9.17) is 9.84 Å². The standard InChI is InChI=1S/C14H15NO4/c1-2-11-8-15(12(11)13(16)17)14(18)19-9-10-6-4-3-5-7-10/h2-7,12H,8-9H2,1H3,(H,16,17)/b11-2-. The summed E-state index contributed by atoms with van der Waals surface area (Å²) in [6.07, 6.45) is 1.13. The Kier molecular flexibility index (Phi) is 3.85. The molecule has 100 valence electrons. The molecule has 1 unspecified atom stereocenters. The van der Waals surface area contributed by atoms with E-state index in [0.717, 1.165) is 11.1 Å². The van der Waals surface area contributed by atoms with E-state index in [-0.39, 0.29) is 6.61 Å². The van der Waals surface area contributed by atoms with E-state index < -0.39 is 18.1 Å². The highest BCUT2D eigenvalue weighted by atomic mass is 16.6. The van der Waals surface area contributed by atoms with Gasteiger partial charge in [-0.05, 0) is 18.1 Å². The van der Waals surface area contributed by atoms with Gasteiger partial charge in [-0.3, -0.25) is 4.90 Å². The van der Waals surface area contributed by atoms with Gasteiger partial charge in [0.05, 0.1) is 0 Å². The van der Waals surface area contributed by atoms with Gasteiger partial charge in [0.25, 0.3) is 0 Å². The second kappa shape index (κ2) is 5.56. The van der Waals surface area contributed by atoms with Crippen molar-refractivity contribution in [1.29, 1.82) is 0 Å². The minimum absolute atomic E-state index is 0.147. The molecule has 1 aliphatic rings. The van der Waals surface area contributed by atoms with Crippen LogP contribution in [0.2, 0.25) is 0 Å². The highest BCUT2D eigenvalue weighted by molar-refractivity contribution is 5.86. The number of carbonyl (C=O) groups is 2. The summed E-state index contributed by atoms with van der Waals surface area (Å²) >= 11 is 0. The maximum absolute atomic E-state index is 11.8. The Morgan fingerprint density at radius 1 is 1.42 bits per heavy atom. The lowest BCUT2D eigenvalue weighted by molar-refractivity contribution is -0.143. The largest absolute Gasteiger partial charge is 0.479 e. The zero-order chi connectivity index (χ0) is 13.8. The van der Waals surface area contributed by atoms with Crippen molar-refractivity contribution >= 4 is 12.1 Å². The van der Waals surface area contributed by atoms with Gasteiger partial charge < -0.3 is 9.84 Å². The zero-order valence-electron chi connectivity index (χ0n) is 10.6. The SMILES string of the molecule is C/C=C1/CN(C(=O)OCc2ccccc2)C1C(=O)O. The minimum Gasteiger partial charge on any atom is -0.479 e. The molecule has 2 rings (SSSR count). The van der Waals surface area contributed by atoms with Gasteiger partial charge >= 0.3 is 12.1 Å². The molecule has 1 amide bonds. The molecule has 0 aromatic heterocycles. The van der Waals surface area contributed by atoms with Gasteiger partial charge in [-0.15, -0.1) is 0 Å². The summed E-state index contributed by atoms with van der Waals surface area (Å²) in [4.78, 5) is 24.0. The fourth-order valence-electron chi connectivity index (χ4n) is 1.98. The second-order valence-corrected chi connectivity index (χ2v) is 4.27. The van der Waals surface area contributed by atoms with Crippen molar-refractivity contribution in [2.75, 3.05) is 6.54 Å². The number of carboxylic acid groups (broad SMARTS) is 1. The molecule has 1 heterocycles. The number of allylic oxidation sites excluding steroid dienone is 1. The number of hydrogen-bond acceptors (Lipinski definition) is 3. The number of amides is 1. The first kappa shape index (κ1) is 13.1. The van der Waals surface area contributed by atoms with Gasteiger partial charge in [-0.25, -0.2) is 9.59 Å². The maximum atomic E-state index is 11.8. The topological polar surface area (TPSA) is 66.8 Å². The van der Waals surface area contributed by atoms with E-state index in [2.05, 4.69) is 0 Å². The smallest absolute Gasteiger partial charge is 0.411 e. The number of carboxylic acids is 1. The number of ether oxygens (including phenoxy) is 1. The van der Waals surface area contributed by atoms with E-state index in [0.29, 0.717) is 6.54 Å². The third-order valence-electron chi connectivity index (χ3n) is 3.06. The highest BCUT2D eigenvalue weighted by Crippen LogP contribution is 2.25. The Morgan fingerprint density at radius 3 is 2.68 bits per heavy atom. The average Bonchev–Trinajstić information content (AvgIpc) is 2.36. The predicted molar refractivity (Wildman–Crippen MR) is 68.5 cm³/mol. The van der Waals surface area contributed by atoms with Gasteiger partial charge in [0.1, 0.15) is 6.61 Å². The maximum Gasteiger partial charge on any atom is 0.411 e. The molecule has 19 heavy (non-hydrogen) atoms. The van der Waals surface area contributed by atoms with Crippen LogP contribution in [0.5, 0.6) is 0 Å². The van der Waals surface area contributed by atoms with E-state index in [1.807, 2.05) is 30.3 Å². The molecular formula is C14H15NO4. The number of nitrogens with zero attached hydrogens (tertiary/aromatic N) is 1. The summed E-state index contributed by atoms with van der Waals surface area (Å²) < 4.78 is 5.10. The van der Waals surface area contributed by atoms with E-state index in [1.165, 1.54) is 4.90 Å². The molecule has 0 bridgehead atoms. The van der Waals surface area contributed by atoms with Crippen LogP contribution >= 0.6 is 0 Å². The summed E-state index contributed by atoms with van der Waals surface area (Å²) in [6.45, 7) is 2.23. The molecular weight excluding hydrogens is 246 g/mol. The molecule has 0 spiro atoms. The number of carbonyl (C=O) groups excluding carboxylic acids is 1. The van der Waals surface area contributed by atoms with Crippen LogP contribution in [-0.4, -0.2) is 34.7 Å².